The third kappa shape index (κ3) is 3.48. The number of likely N-dealkylation sites (tertiary alicyclic amines) is 2. The Balaban J connectivity index is 1.89. The zero-order valence-corrected chi connectivity index (χ0v) is 16.3. The number of benzene rings is 1. The van der Waals surface area contributed by atoms with Crippen LogP contribution in [0.15, 0.2) is 18.2 Å². The van der Waals surface area contributed by atoms with Crippen molar-refractivity contribution >= 4 is 11.8 Å². The van der Waals surface area contributed by atoms with Gasteiger partial charge in [-0.15, -0.1) is 0 Å². The summed E-state index contributed by atoms with van der Waals surface area (Å²) in [6, 6.07) is 5.15. The summed E-state index contributed by atoms with van der Waals surface area (Å²) < 4.78 is 15.8. The van der Waals surface area contributed by atoms with Crippen LogP contribution in [0, 0.1) is 0 Å². The van der Waals surface area contributed by atoms with E-state index in [-0.39, 0.29) is 11.8 Å². The van der Waals surface area contributed by atoms with Crippen molar-refractivity contribution in [2.75, 3.05) is 47.6 Å². The molecule has 0 aromatic heterocycles. The zero-order valence-electron chi connectivity index (χ0n) is 16.3. The summed E-state index contributed by atoms with van der Waals surface area (Å²) in [6.07, 6.45) is 3.13. The van der Waals surface area contributed by atoms with E-state index >= 15 is 0 Å². The molecule has 1 atom stereocenters. The van der Waals surface area contributed by atoms with Gasteiger partial charge in [-0.25, -0.2) is 0 Å². The van der Waals surface area contributed by atoms with E-state index < -0.39 is 5.54 Å². The van der Waals surface area contributed by atoms with Gasteiger partial charge in [0, 0.05) is 32.8 Å². The molecular weight excluding hydrogens is 348 g/mol. The second-order valence-electron chi connectivity index (χ2n) is 7.05. The molecule has 0 saturated carbocycles. The molecule has 27 heavy (non-hydrogen) atoms. The minimum atomic E-state index is -0.742. The smallest absolute Gasteiger partial charge is 0.258 e. The van der Waals surface area contributed by atoms with E-state index in [0.29, 0.717) is 49.6 Å². The average Bonchev–Trinajstić information content (AvgIpc) is 3.12. The van der Waals surface area contributed by atoms with Gasteiger partial charge in [0.1, 0.15) is 17.0 Å². The molecule has 3 rings (SSSR count). The first-order valence-corrected chi connectivity index (χ1v) is 9.39. The van der Waals surface area contributed by atoms with Crippen LogP contribution in [0.1, 0.15) is 36.0 Å². The molecule has 1 unspecified atom stereocenters. The number of nitrogens with zero attached hydrogens (tertiary/aromatic N) is 2. The largest absolute Gasteiger partial charge is 0.497 e. The Labute approximate surface area is 160 Å². The van der Waals surface area contributed by atoms with Crippen molar-refractivity contribution < 1.29 is 23.8 Å². The second kappa shape index (κ2) is 8.17. The Hall–Kier alpha value is -2.28. The molecule has 2 fully saturated rings. The molecule has 148 valence electrons. The molecule has 2 aliphatic heterocycles. The van der Waals surface area contributed by atoms with Gasteiger partial charge >= 0.3 is 0 Å². The number of methoxy groups -OCH3 is 3. The fourth-order valence-electron chi connectivity index (χ4n) is 4.26. The summed E-state index contributed by atoms with van der Waals surface area (Å²) in [7, 11) is 4.73. The van der Waals surface area contributed by atoms with Crippen molar-refractivity contribution in [2.24, 2.45) is 0 Å². The van der Waals surface area contributed by atoms with Crippen molar-refractivity contribution in [3.8, 4) is 11.5 Å². The highest BCUT2D eigenvalue weighted by atomic mass is 16.5. The van der Waals surface area contributed by atoms with Crippen LogP contribution in [0.25, 0.3) is 0 Å². The first-order chi connectivity index (χ1) is 13.1. The van der Waals surface area contributed by atoms with E-state index in [9.17, 15) is 9.59 Å². The number of rotatable bonds is 6. The molecule has 2 aliphatic rings. The molecule has 0 radical (unpaired) electrons. The molecule has 1 aromatic carbocycles. The quantitative estimate of drug-likeness (QED) is 0.759. The molecule has 1 spiro atoms. The Bertz CT molecular complexity index is 708. The van der Waals surface area contributed by atoms with Crippen LogP contribution in [0.2, 0.25) is 0 Å². The third-order valence-corrected chi connectivity index (χ3v) is 5.64. The topological polar surface area (TPSA) is 68.3 Å². The van der Waals surface area contributed by atoms with Crippen LogP contribution in [0.5, 0.6) is 11.5 Å². The summed E-state index contributed by atoms with van der Waals surface area (Å²) >= 11 is 0. The average molecular weight is 376 g/mol. The van der Waals surface area contributed by atoms with E-state index in [1.807, 2.05) is 4.90 Å². The number of carbonyl (C=O) groups excluding carboxylic acids is 2. The molecule has 0 aliphatic carbocycles. The van der Waals surface area contributed by atoms with Gasteiger partial charge in [-0.2, -0.15) is 0 Å². The lowest BCUT2D eigenvalue weighted by Gasteiger charge is -2.44. The monoisotopic (exact) mass is 376 g/mol. The predicted octanol–water partition coefficient (Wildman–Crippen LogP) is 1.95. The van der Waals surface area contributed by atoms with Gasteiger partial charge in [-0.3, -0.25) is 9.59 Å². The molecule has 0 N–H and O–H groups in total. The number of hydrogen-bond donors (Lipinski definition) is 0. The van der Waals surface area contributed by atoms with Crippen LogP contribution in [-0.4, -0.2) is 74.7 Å². The van der Waals surface area contributed by atoms with Gasteiger partial charge in [0.05, 0.1) is 26.4 Å². The minimum absolute atomic E-state index is 0.0455. The third-order valence-electron chi connectivity index (χ3n) is 5.64. The SMILES string of the molecule is COCCN1CCCC2(CCCN2C(=O)c2ccc(OC)cc2OC)C1=O. The van der Waals surface area contributed by atoms with Gasteiger partial charge in [0.25, 0.3) is 5.91 Å². The van der Waals surface area contributed by atoms with Crippen molar-refractivity contribution in [3.63, 3.8) is 0 Å². The van der Waals surface area contributed by atoms with Crippen molar-refractivity contribution in [1.29, 1.82) is 0 Å². The van der Waals surface area contributed by atoms with Crippen molar-refractivity contribution in [3.05, 3.63) is 23.8 Å². The maximum atomic E-state index is 13.4. The van der Waals surface area contributed by atoms with Crippen molar-refractivity contribution in [1.82, 2.24) is 9.80 Å². The number of hydrogen-bond acceptors (Lipinski definition) is 5. The van der Waals surface area contributed by atoms with Gasteiger partial charge in [-0.05, 0) is 37.8 Å². The molecule has 0 bridgehead atoms. The molecule has 7 heteroatoms. The number of carbonyl (C=O) groups is 2. The number of amides is 2. The van der Waals surface area contributed by atoms with E-state index in [4.69, 9.17) is 14.2 Å². The highest BCUT2D eigenvalue weighted by Crippen LogP contribution is 2.40. The number of ether oxygens (including phenoxy) is 3. The first-order valence-electron chi connectivity index (χ1n) is 9.39. The summed E-state index contributed by atoms with van der Waals surface area (Å²) in [5.41, 5.74) is -0.282. The fraction of sp³-hybridized carbons (Fsp3) is 0.600. The van der Waals surface area contributed by atoms with Gasteiger partial charge in [0.15, 0.2) is 0 Å². The number of piperidine rings is 1. The fourth-order valence-corrected chi connectivity index (χ4v) is 4.26. The minimum Gasteiger partial charge on any atom is -0.497 e. The molecular formula is C20H28N2O5. The maximum absolute atomic E-state index is 13.4. The van der Waals surface area contributed by atoms with Crippen LogP contribution in [0.3, 0.4) is 0 Å². The van der Waals surface area contributed by atoms with Crippen molar-refractivity contribution in [2.45, 2.75) is 31.2 Å². The highest BCUT2D eigenvalue weighted by molar-refractivity contribution is 6.01. The second-order valence-corrected chi connectivity index (χ2v) is 7.05. The molecule has 1 aromatic rings. The standard InChI is InChI=1S/C20H28N2O5/c1-25-13-12-21-10-4-8-20(19(21)24)9-5-11-22(20)18(23)16-7-6-15(26-2)14-17(16)27-3/h6-7,14H,4-5,8-13H2,1-3H3. The van der Waals surface area contributed by atoms with E-state index in [1.165, 1.54) is 7.11 Å². The van der Waals surface area contributed by atoms with Crippen LogP contribution >= 0.6 is 0 Å². The molecule has 2 amide bonds. The molecule has 2 heterocycles. The molecule has 2 saturated heterocycles. The van der Waals surface area contributed by atoms with Gasteiger partial charge < -0.3 is 24.0 Å². The lowest BCUT2D eigenvalue weighted by atomic mass is 9.85. The Morgan fingerprint density at radius 2 is 1.85 bits per heavy atom. The summed E-state index contributed by atoms with van der Waals surface area (Å²) in [4.78, 5) is 30.3. The Morgan fingerprint density at radius 1 is 1.11 bits per heavy atom. The Morgan fingerprint density at radius 3 is 2.52 bits per heavy atom. The van der Waals surface area contributed by atoms with Gasteiger partial charge in [0.2, 0.25) is 5.91 Å². The predicted molar refractivity (Wildman–Crippen MR) is 100 cm³/mol. The maximum Gasteiger partial charge on any atom is 0.258 e. The first kappa shape index (κ1) is 19.5. The highest BCUT2D eigenvalue weighted by Gasteiger charge is 2.52. The van der Waals surface area contributed by atoms with E-state index in [0.717, 1.165) is 19.4 Å². The summed E-state index contributed by atoms with van der Waals surface area (Å²) in [5.74, 6) is 0.970. The van der Waals surface area contributed by atoms with Crippen LogP contribution in [0.4, 0.5) is 0 Å². The summed E-state index contributed by atoms with van der Waals surface area (Å²) in [5, 5.41) is 0. The molecule has 7 nitrogen and oxygen atoms in total. The normalized spacial score (nSPS) is 22.4. The van der Waals surface area contributed by atoms with Crippen LogP contribution < -0.4 is 9.47 Å². The zero-order chi connectivity index (χ0) is 19.4. The van der Waals surface area contributed by atoms with Crippen LogP contribution in [-0.2, 0) is 9.53 Å². The lowest BCUT2D eigenvalue weighted by molar-refractivity contribution is -0.146. The van der Waals surface area contributed by atoms with E-state index in [1.54, 1.807) is 37.3 Å². The summed E-state index contributed by atoms with van der Waals surface area (Å²) in [6.45, 7) is 2.36. The lowest BCUT2D eigenvalue weighted by Crippen LogP contribution is -2.61. The van der Waals surface area contributed by atoms with Gasteiger partial charge in [-0.1, -0.05) is 0 Å². The Kier molecular flexibility index (Phi) is 5.89. The van der Waals surface area contributed by atoms with E-state index in [2.05, 4.69) is 0 Å².